The highest BCUT2D eigenvalue weighted by atomic mass is 32.2. The standard InChI is InChI=1S/C12H14N2O5S/c1-8-12(15)13-4-5-14(8)20(16,17)9-2-3-10-11(6-9)19-7-18-10/h2-3,6,8H,4-5,7H2,1H3,(H,13,15). The third-order valence-corrected chi connectivity index (χ3v) is 5.36. The van der Waals surface area contributed by atoms with Crippen LogP contribution in [0.2, 0.25) is 0 Å². The topological polar surface area (TPSA) is 84.9 Å². The number of nitrogens with one attached hydrogen (secondary N) is 1. The molecule has 0 saturated carbocycles. The van der Waals surface area contributed by atoms with E-state index in [0.717, 1.165) is 0 Å². The van der Waals surface area contributed by atoms with Crippen LogP contribution in [0.15, 0.2) is 23.1 Å². The Morgan fingerprint density at radius 3 is 2.85 bits per heavy atom. The van der Waals surface area contributed by atoms with Crippen molar-refractivity contribution in [2.24, 2.45) is 0 Å². The highest BCUT2D eigenvalue weighted by molar-refractivity contribution is 7.89. The van der Waals surface area contributed by atoms with Crippen LogP contribution in [0, 0.1) is 0 Å². The van der Waals surface area contributed by atoms with E-state index in [1.54, 1.807) is 13.0 Å². The predicted octanol–water partition coefficient (Wildman–Crippen LogP) is -0.0757. The fourth-order valence-electron chi connectivity index (χ4n) is 2.26. The second-order valence-corrected chi connectivity index (χ2v) is 6.49. The van der Waals surface area contributed by atoms with E-state index in [4.69, 9.17) is 9.47 Å². The minimum absolute atomic E-state index is 0.0847. The van der Waals surface area contributed by atoms with Crippen molar-refractivity contribution in [1.82, 2.24) is 9.62 Å². The van der Waals surface area contributed by atoms with E-state index in [2.05, 4.69) is 5.32 Å². The van der Waals surface area contributed by atoms with Gasteiger partial charge in [-0.25, -0.2) is 8.42 Å². The van der Waals surface area contributed by atoms with Crippen LogP contribution in [0.3, 0.4) is 0 Å². The maximum absolute atomic E-state index is 12.6. The first-order chi connectivity index (χ1) is 9.50. The van der Waals surface area contributed by atoms with Gasteiger partial charge in [-0.3, -0.25) is 4.79 Å². The van der Waals surface area contributed by atoms with Gasteiger partial charge in [0.25, 0.3) is 0 Å². The van der Waals surface area contributed by atoms with E-state index in [1.807, 2.05) is 0 Å². The van der Waals surface area contributed by atoms with Gasteiger partial charge >= 0.3 is 0 Å². The van der Waals surface area contributed by atoms with Crippen molar-refractivity contribution < 1.29 is 22.7 Å². The van der Waals surface area contributed by atoms with Gasteiger partial charge in [-0.2, -0.15) is 4.31 Å². The first-order valence-electron chi connectivity index (χ1n) is 6.19. The largest absolute Gasteiger partial charge is 0.454 e. The minimum Gasteiger partial charge on any atom is -0.454 e. The second kappa shape index (κ2) is 4.64. The summed E-state index contributed by atoms with van der Waals surface area (Å²) < 4.78 is 36.7. The van der Waals surface area contributed by atoms with Gasteiger partial charge in [0.05, 0.1) is 4.90 Å². The van der Waals surface area contributed by atoms with Gasteiger partial charge in [0, 0.05) is 19.2 Å². The maximum Gasteiger partial charge on any atom is 0.243 e. The number of fused-ring (bicyclic) bond motifs is 1. The molecule has 1 amide bonds. The molecule has 0 aromatic heterocycles. The summed E-state index contributed by atoms with van der Waals surface area (Å²) in [7, 11) is -3.73. The molecule has 1 saturated heterocycles. The Kier molecular flexibility index (Phi) is 3.06. The summed E-state index contributed by atoms with van der Waals surface area (Å²) in [5.74, 6) is 0.633. The number of rotatable bonds is 2. The summed E-state index contributed by atoms with van der Waals surface area (Å²) in [4.78, 5) is 11.7. The molecule has 2 heterocycles. The molecule has 1 atom stereocenters. The van der Waals surface area contributed by atoms with Crippen molar-refractivity contribution in [2.75, 3.05) is 19.9 Å². The molecule has 108 valence electrons. The molecular formula is C12H14N2O5S. The number of carbonyl (C=O) groups excluding carboxylic acids is 1. The van der Waals surface area contributed by atoms with Crippen LogP contribution >= 0.6 is 0 Å². The molecule has 1 aromatic rings. The predicted molar refractivity (Wildman–Crippen MR) is 68.9 cm³/mol. The fraction of sp³-hybridized carbons (Fsp3) is 0.417. The van der Waals surface area contributed by atoms with Gasteiger partial charge in [-0.1, -0.05) is 0 Å². The molecule has 1 aromatic carbocycles. The summed E-state index contributed by atoms with van der Waals surface area (Å²) in [6.07, 6.45) is 0. The summed E-state index contributed by atoms with van der Waals surface area (Å²) in [6.45, 7) is 2.22. The zero-order valence-corrected chi connectivity index (χ0v) is 11.6. The molecule has 0 bridgehead atoms. The number of piperazine rings is 1. The summed E-state index contributed by atoms with van der Waals surface area (Å²) in [5.41, 5.74) is 0. The lowest BCUT2D eigenvalue weighted by Gasteiger charge is -2.31. The lowest BCUT2D eigenvalue weighted by molar-refractivity contribution is -0.126. The molecule has 3 rings (SSSR count). The number of hydrogen-bond acceptors (Lipinski definition) is 5. The van der Waals surface area contributed by atoms with Crippen molar-refractivity contribution in [3.8, 4) is 11.5 Å². The zero-order chi connectivity index (χ0) is 14.3. The Labute approximate surface area is 116 Å². The van der Waals surface area contributed by atoms with Gasteiger partial charge in [-0.15, -0.1) is 0 Å². The first-order valence-corrected chi connectivity index (χ1v) is 7.63. The molecule has 0 aliphatic carbocycles. The Bertz CT molecular complexity index is 658. The van der Waals surface area contributed by atoms with E-state index in [1.165, 1.54) is 16.4 Å². The van der Waals surface area contributed by atoms with Crippen LogP contribution in [0.25, 0.3) is 0 Å². The Morgan fingerprint density at radius 2 is 2.05 bits per heavy atom. The van der Waals surface area contributed by atoms with Gasteiger partial charge in [0.1, 0.15) is 6.04 Å². The third-order valence-electron chi connectivity index (χ3n) is 3.39. The number of nitrogens with zero attached hydrogens (tertiary/aromatic N) is 1. The Hall–Kier alpha value is -1.80. The highest BCUT2D eigenvalue weighted by Crippen LogP contribution is 2.35. The van der Waals surface area contributed by atoms with E-state index >= 15 is 0 Å². The minimum atomic E-state index is -3.73. The van der Waals surface area contributed by atoms with Gasteiger partial charge < -0.3 is 14.8 Å². The molecule has 1 fully saturated rings. The van der Waals surface area contributed by atoms with Crippen molar-refractivity contribution in [2.45, 2.75) is 17.9 Å². The van der Waals surface area contributed by atoms with Crippen molar-refractivity contribution in [1.29, 1.82) is 0 Å². The number of benzene rings is 1. The molecule has 8 heteroatoms. The SMILES string of the molecule is CC1C(=O)NCCN1S(=O)(=O)c1ccc2c(c1)OCO2. The van der Waals surface area contributed by atoms with Crippen molar-refractivity contribution in [3.05, 3.63) is 18.2 Å². The number of carbonyl (C=O) groups is 1. The maximum atomic E-state index is 12.6. The highest BCUT2D eigenvalue weighted by Gasteiger charge is 2.36. The van der Waals surface area contributed by atoms with Gasteiger partial charge in [-0.05, 0) is 19.1 Å². The smallest absolute Gasteiger partial charge is 0.243 e. The van der Waals surface area contributed by atoms with Crippen molar-refractivity contribution >= 4 is 15.9 Å². The third kappa shape index (κ3) is 2.01. The summed E-state index contributed by atoms with van der Waals surface area (Å²) in [6, 6.07) is 3.72. The van der Waals surface area contributed by atoms with Crippen molar-refractivity contribution in [3.63, 3.8) is 0 Å². The molecule has 0 spiro atoms. The quantitative estimate of drug-likeness (QED) is 0.826. The average Bonchev–Trinajstić information content (AvgIpc) is 2.89. The lowest BCUT2D eigenvalue weighted by Crippen LogP contribution is -2.55. The molecule has 1 unspecified atom stereocenters. The number of amides is 1. The first kappa shape index (κ1) is 13.2. The van der Waals surface area contributed by atoms with Crippen LogP contribution in [-0.4, -0.2) is 44.6 Å². The molecular weight excluding hydrogens is 284 g/mol. The molecule has 7 nitrogen and oxygen atoms in total. The summed E-state index contributed by atoms with van der Waals surface area (Å²) >= 11 is 0. The average molecular weight is 298 g/mol. The molecule has 20 heavy (non-hydrogen) atoms. The molecule has 2 aliphatic rings. The fourth-order valence-corrected chi connectivity index (χ4v) is 3.87. The normalized spacial score (nSPS) is 22.6. The number of sulfonamides is 1. The van der Waals surface area contributed by atoms with Crippen LogP contribution in [0.5, 0.6) is 11.5 Å². The zero-order valence-electron chi connectivity index (χ0n) is 10.8. The Balaban J connectivity index is 1.97. The molecule has 2 aliphatic heterocycles. The lowest BCUT2D eigenvalue weighted by atomic mass is 10.2. The molecule has 1 N–H and O–H groups in total. The Morgan fingerprint density at radius 1 is 1.30 bits per heavy atom. The van der Waals surface area contributed by atoms with Crippen LogP contribution in [0.4, 0.5) is 0 Å². The van der Waals surface area contributed by atoms with Gasteiger partial charge in [0.2, 0.25) is 22.7 Å². The monoisotopic (exact) mass is 298 g/mol. The van der Waals surface area contributed by atoms with Crippen LogP contribution < -0.4 is 14.8 Å². The van der Waals surface area contributed by atoms with E-state index < -0.39 is 16.1 Å². The van der Waals surface area contributed by atoms with E-state index in [9.17, 15) is 13.2 Å². The van der Waals surface area contributed by atoms with Gasteiger partial charge in [0.15, 0.2) is 11.5 Å². The van der Waals surface area contributed by atoms with E-state index in [0.29, 0.717) is 18.0 Å². The molecule has 0 radical (unpaired) electrons. The summed E-state index contributed by atoms with van der Waals surface area (Å²) in [5, 5.41) is 2.64. The van der Waals surface area contributed by atoms with Crippen LogP contribution in [-0.2, 0) is 14.8 Å². The number of hydrogen-bond donors (Lipinski definition) is 1. The second-order valence-electron chi connectivity index (χ2n) is 4.60. The number of ether oxygens (including phenoxy) is 2. The van der Waals surface area contributed by atoms with Crippen LogP contribution in [0.1, 0.15) is 6.92 Å². The van der Waals surface area contributed by atoms with E-state index in [-0.39, 0.29) is 24.1 Å².